The number of fused-ring (bicyclic) bond motifs is 1. The Kier molecular flexibility index (Phi) is 3.53. The number of nitrogen functional groups attached to an aromatic ring is 1. The Bertz CT molecular complexity index is 759. The first kappa shape index (κ1) is 13.1. The number of methoxy groups -OCH3 is 1. The van der Waals surface area contributed by atoms with Crippen LogP contribution in [-0.2, 0) is 0 Å². The number of aromatic nitrogens is 2. The van der Waals surface area contributed by atoms with E-state index in [1.165, 1.54) is 0 Å². The Morgan fingerprint density at radius 3 is 2.38 bits per heavy atom. The van der Waals surface area contributed by atoms with Crippen LogP contribution >= 0.6 is 0 Å². The average molecular weight is 282 g/mol. The fourth-order valence-electron chi connectivity index (χ4n) is 1.95. The van der Waals surface area contributed by atoms with Crippen molar-refractivity contribution in [2.24, 2.45) is 5.84 Å². The molecular weight excluding hydrogens is 268 g/mol. The summed E-state index contributed by atoms with van der Waals surface area (Å²) in [7, 11) is 1.62. The van der Waals surface area contributed by atoms with Crippen molar-refractivity contribution in [1.82, 2.24) is 9.97 Å². The zero-order chi connectivity index (χ0) is 14.7. The predicted octanol–water partition coefficient (Wildman–Crippen LogP) is 2.72. The molecule has 0 radical (unpaired) electrons. The molecule has 0 saturated carbocycles. The summed E-state index contributed by atoms with van der Waals surface area (Å²) in [5.41, 5.74) is 3.19. The van der Waals surface area contributed by atoms with Gasteiger partial charge in [0.1, 0.15) is 11.5 Å². The maximum atomic E-state index is 5.83. The molecule has 3 aromatic rings. The van der Waals surface area contributed by atoms with E-state index in [2.05, 4.69) is 15.4 Å². The maximum Gasteiger partial charge on any atom is 0.241 e. The van der Waals surface area contributed by atoms with Gasteiger partial charge in [-0.15, -0.1) is 0 Å². The van der Waals surface area contributed by atoms with Gasteiger partial charge < -0.3 is 9.47 Å². The number of hydrogen-bond donors (Lipinski definition) is 2. The first-order valence-corrected chi connectivity index (χ1v) is 6.35. The van der Waals surface area contributed by atoms with Crippen molar-refractivity contribution in [2.75, 3.05) is 12.5 Å². The van der Waals surface area contributed by atoms with E-state index >= 15 is 0 Å². The van der Waals surface area contributed by atoms with Crippen molar-refractivity contribution in [1.29, 1.82) is 0 Å². The predicted molar refractivity (Wildman–Crippen MR) is 80.4 cm³/mol. The molecule has 0 aliphatic carbocycles. The third-order valence-electron chi connectivity index (χ3n) is 2.97. The summed E-state index contributed by atoms with van der Waals surface area (Å²) in [5.74, 6) is 7.56. The van der Waals surface area contributed by atoms with Crippen molar-refractivity contribution >= 4 is 16.9 Å². The molecule has 3 N–H and O–H groups in total. The Balaban J connectivity index is 2.01. The number of ether oxygens (including phenoxy) is 2. The molecule has 1 heterocycles. The van der Waals surface area contributed by atoms with Gasteiger partial charge in [-0.05, 0) is 36.4 Å². The number of nitrogens with one attached hydrogen (secondary N) is 1. The average Bonchev–Trinajstić information content (AvgIpc) is 2.55. The molecule has 106 valence electrons. The molecule has 0 unspecified atom stereocenters. The van der Waals surface area contributed by atoms with Gasteiger partial charge in [-0.2, -0.15) is 4.98 Å². The van der Waals surface area contributed by atoms with E-state index in [0.717, 1.165) is 16.7 Å². The summed E-state index contributed by atoms with van der Waals surface area (Å²) >= 11 is 0. The summed E-state index contributed by atoms with van der Waals surface area (Å²) in [6, 6.07) is 14.8. The van der Waals surface area contributed by atoms with Gasteiger partial charge in [0, 0.05) is 0 Å². The number of para-hydroxylation sites is 1. The highest BCUT2D eigenvalue weighted by Crippen LogP contribution is 2.29. The first-order chi connectivity index (χ1) is 10.3. The second kappa shape index (κ2) is 5.64. The van der Waals surface area contributed by atoms with Gasteiger partial charge in [0.05, 0.1) is 18.0 Å². The van der Waals surface area contributed by atoms with E-state index in [-0.39, 0.29) is 0 Å². The minimum atomic E-state index is 0.303. The lowest BCUT2D eigenvalue weighted by molar-refractivity contribution is 0.412. The molecule has 0 fully saturated rings. The number of benzene rings is 2. The SMILES string of the molecule is COc1ccc(Oc2nc(NN)nc3ccccc23)cc1. The molecule has 1 aromatic heterocycles. The standard InChI is InChI=1S/C15H14N4O2/c1-20-10-6-8-11(9-7-10)21-14-12-4-2-3-5-13(12)17-15(18-14)19-16/h2-9H,16H2,1H3,(H,17,18,19). The summed E-state index contributed by atoms with van der Waals surface area (Å²) in [5, 5.41) is 0.812. The summed E-state index contributed by atoms with van der Waals surface area (Å²) in [4.78, 5) is 8.53. The van der Waals surface area contributed by atoms with Crippen LogP contribution in [0.3, 0.4) is 0 Å². The first-order valence-electron chi connectivity index (χ1n) is 6.35. The van der Waals surface area contributed by atoms with Crippen LogP contribution in [0.5, 0.6) is 17.4 Å². The van der Waals surface area contributed by atoms with E-state index in [9.17, 15) is 0 Å². The molecule has 2 aromatic carbocycles. The number of anilines is 1. The molecule has 0 bridgehead atoms. The minimum Gasteiger partial charge on any atom is -0.497 e. The maximum absolute atomic E-state index is 5.83. The van der Waals surface area contributed by atoms with Crippen LogP contribution in [0.4, 0.5) is 5.95 Å². The van der Waals surface area contributed by atoms with Crippen LogP contribution in [0.2, 0.25) is 0 Å². The fourth-order valence-corrected chi connectivity index (χ4v) is 1.95. The number of nitrogens with two attached hydrogens (primary N) is 1. The molecule has 0 aliphatic heterocycles. The number of hydrazine groups is 1. The summed E-state index contributed by atoms with van der Waals surface area (Å²) in [6.07, 6.45) is 0. The zero-order valence-corrected chi connectivity index (χ0v) is 11.4. The normalized spacial score (nSPS) is 10.4. The minimum absolute atomic E-state index is 0.303. The van der Waals surface area contributed by atoms with E-state index in [4.69, 9.17) is 15.3 Å². The van der Waals surface area contributed by atoms with Gasteiger partial charge >= 0.3 is 0 Å². The fraction of sp³-hybridized carbons (Fsp3) is 0.0667. The van der Waals surface area contributed by atoms with E-state index in [1.54, 1.807) is 7.11 Å². The van der Waals surface area contributed by atoms with Gasteiger partial charge in [-0.25, -0.2) is 10.8 Å². The number of nitrogens with zero attached hydrogens (tertiary/aromatic N) is 2. The highest BCUT2D eigenvalue weighted by atomic mass is 16.5. The van der Waals surface area contributed by atoms with Crippen LogP contribution in [-0.4, -0.2) is 17.1 Å². The monoisotopic (exact) mass is 282 g/mol. The molecule has 6 heteroatoms. The molecule has 0 saturated heterocycles. The second-order valence-corrected chi connectivity index (χ2v) is 4.29. The topological polar surface area (TPSA) is 82.3 Å². The lowest BCUT2D eigenvalue weighted by Gasteiger charge is -2.10. The molecule has 0 spiro atoms. The molecule has 21 heavy (non-hydrogen) atoms. The van der Waals surface area contributed by atoms with Crippen LogP contribution in [0.1, 0.15) is 0 Å². The van der Waals surface area contributed by atoms with E-state index < -0.39 is 0 Å². The van der Waals surface area contributed by atoms with Crippen LogP contribution in [0, 0.1) is 0 Å². The van der Waals surface area contributed by atoms with Crippen molar-refractivity contribution < 1.29 is 9.47 Å². The molecule has 0 atom stereocenters. The Hall–Kier alpha value is -2.86. The van der Waals surface area contributed by atoms with Crippen LogP contribution < -0.4 is 20.7 Å². The van der Waals surface area contributed by atoms with Gasteiger partial charge in [-0.3, -0.25) is 5.43 Å². The molecule has 0 amide bonds. The van der Waals surface area contributed by atoms with Crippen molar-refractivity contribution in [3.8, 4) is 17.4 Å². The Labute approximate surface area is 121 Å². The highest BCUT2D eigenvalue weighted by molar-refractivity contribution is 5.84. The van der Waals surface area contributed by atoms with Crippen molar-refractivity contribution in [3.63, 3.8) is 0 Å². The zero-order valence-electron chi connectivity index (χ0n) is 11.4. The molecular formula is C15H14N4O2. The Morgan fingerprint density at radius 2 is 1.67 bits per heavy atom. The highest BCUT2D eigenvalue weighted by Gasteiger charge is 2.09. The summed E-state index contributed by atoms with van der Waals surface area (Å²) < 4.78 is 10.9. The summed E-state index contributed by atoms with van der Waals surface area (Å²) in [6.45, 7) is 0. The Morgan fingerprint density at radius 1 is 0.952 bits per heavy atom. The van der Waals surface area contributed by atoms with E-state index in [0.29, 0.717) is 17.6 Å². The lowest BCUT2D eigenvalue weighted by Crippen LogP contribution is -2.11. The third-order valence-corrected chi connectivity index (χ3v) is 2.97. The van der Waals surface area contributed by atoms with Crippen LogP contribution in [0.25, 0.3) is 10.9 Å². The van der Waals surface area contributed by atoms with Crippen molar-refractivity contribution in [3.05, 3.63) is 48.5 Å². The molecule has 6 nitrogen and oxygen atoms in total. The van der Waals surface area contributed by atoms with Gasteiger partial charge in [-0.1, -0.05) is 12.1 Å². The molecule has 0 aliphatic rings. The number of hydrogen-bond acceptors (Lipinski definition) is 6. The lowest BCUT2D eigenvalue weighted by atomic mass is 10.2. The van der Waals surface area contributed by atoms with Gasteiger partial charge in [0.2, 0.25) is 11.8 Å². The second-order valence-electron chi connectivity index (χ2n) is 4.29. The smallest absolute Gasteiger partial charge is 0.241 e. The third kappa shape index (κ3) is 2.70. The molecule has 3 rings (SSSR count). The van der Waals surface area contributed by atoms with Crippen LogP contribution in [0.15, 0.2) is 48.5 Å². The quantitative estimate of drug-likeness (QED) is 0.565. The number of rotatable bonds is 4. The largest absolute Gasteiger partial charge is 0.497 e. The van der Waals surface area contributed by atoms with E-state index in [1.807, 2.05) is 48.5 Å². The van der Waals surface area contributed by atoms with Crippen molar-refractivity contribution in [2.45, 2.75) is 0 Å². The van der Waals surface area contributed by atoms with Gasteiger partial charge in [0.15, 0.2) is 0 Å². The van der Waals surface area contributed by atoms with Gasteiger partial charge in [0.25, 0.3) is 0 Å².